The molecule has 3 unspecified atom stereocenters. The van der Waals surface area contributed by atoms with Crippen molar-refractivity contribution in [2.45, 2.75) is 181 Å². The first-order valence-electron chi connectivity index (χ1n) is 17.1. The van der Waals surface area contributed by atoms with E-state index in [-0.39, 0.29) is 12.2 Å². The van der Waals surface area contributed by atoms with Crippen molar-refractivity contribution in [2.24, 2.45) is 11.8 Å². The van der Waals surface area contributed by atoms with Crippen molar-refractivity contribution in [3.8, 4) is 0 Å². The highest BCUT2D eigenvalue weighted by atomic mass is 31.2. The maximum Gasteiger partial charge on any atom is 0.474 e. The molecule has 0 aromatic carbocycles. The Labute approximate surface area is 243 Å². The molecule has 4 atom stereocenters. The third-order valence-corrected chi connectivity index (χ3v) is 10.1. The number of rotatable bonds is 28. The molecule has 0 aromatic heterocycles. The highest BCUT2D eigenvalue weighted by molar-refractivity contribution is 7.48. The predicted octanol–water partition coefficient (Wildman–Crippen LogP) is 11.4. The van der Waals surface area contributed by atoms with Crippen LogP contribution in [0.3, 0.4) is 0 Å². The van der Waals surface area contributed by atoms with E-state index in [1.165, 1.54) is 116 Å². The quantitative estimate of drug-likeness (QED) is 0.0687. The van der Waals surface area contributed by atoms with E-state index in [1.807, 2.05) is 0 Å². The topological polar surface area (TPSA) is 54.0 Å². The van der Waals surface area contributed by atoms with E-state index in [1.54, 1.807) is 0 Å². The van der Waals surface area contributed by atoms with Gasteiger partial charge >= 0.3 is 7.82 Å². The molecular formula is C33H67O5P. The number of ether oxygens (including phenoxy) is 1. The zero-order chi connectivity index (χ0) is 28.6. The summed E-state index contributed by atoms with van der Waals surface area (Å²) in [6, 6.07) is 0. The van der Waals surface area contributed by atoms with Crippen LogP contribution in [0.4, 0.5) is 0 Å². The molecule has 234 valence electrons. The Morgan fingerprint density at radius 2 is 1.15 bits per heavy atom. The largest absolute Gasteiger partial charge is 0.474 e. The Balaban J connectivity index is 2.72. The van der Waals surface area contributed by atoms with Gasteiger partial charge in [0.1, 0.15) is 0 Å². The zero-order valence-electron chi connectivity index (χ0n) is 26.8. The third-order valence-electron chi connectivity index (χ3n) is 8.63. The summed E-state index contributed by atoms with van der Waals surface area (Å²) in [7, 11) is -2.16. The minimum Gasteiger partial charge on any atom is -0.375 e. The van der Waals surface area contributed by atoms with Gasteiger partial charge in [-0.05, 0) is 31.1 Å². The van der Waals surface area contributed by atoms with Gasteiger partial charge in [0.05, 0.1) is 18.8 Å². The summed E-state index contributed by atoms with van der Waals surface area (Å²) < 4.78 is 37.4. The average molecular weight is 575 g/mol. The van der Waals surface area contributed by atoms with Crippen molar-refractivity contribution in [1.29, 1.82) is 0 Å². The van der Waals surface area contributed by atoms with Crippen molar-refractivity contribution in [3.05, 3.63) is 0 Å². The van der Waals surface area contributed by atoms with E-state index >= 15 is 0 Å². The van der Waals surface area contributed by atoms with Gasteiger partial charge in [0.25, 0.3) is 0 Å². The smallest absolute Gasteiger partial charge is 0.375 e. The van der Waals surface area contributed by atoms with Gasteiger partial charge < -0.3 is 4.74 Å². The number of unbranched alkanes of at least 4 members (excludes halogenated alkanes) is 13. The SMILES string of the molecule is CCCCCCCC(CCCCCC)OP(=O)(OC)OC[C@@H]1OCCC1C(CCCCCC)CCCCCC. The fourth-order valence-electron chi connectivity index (χ4n) is 6.11. The average Bonchev–Trinajstić information content (AvgIpc) is 3.41. The number of phosphoric acid groups is 1. The Kier molecular flexibility index (Phi) is 23.4. The Morgan fingerprint density at radius 1 is 0.692 bits per heavy atom. The Hall–Kier alpha value is 0.0700. The lowest BCUT2D eigenvalue weighted by Gasteiger charge is -2.29. The molecule has 1 rings (SSSR count). The monoisotopic (exact) mass is 574 g/mol. The Morgan fingerprint density at radius 3 is 1.64 bits per heavy atom. The van der Waals surface area contributed by atoms with Crippen molar-refractivity contribution >= 4 is 7.82 Å². The van der Waals surface area contributed by atoms with Crippen LogP contribution >= 0.6 is 7.82 Å². The molecule has 1 saturated heterocycles. The van der Waals surface area contributed by atoms with Crippen molar-refractivity contribution in [2.75, 3.05) is 20.3 Å². The maximum atomic E-state index is 13.6. The normalized spacial score (nSPS) is 20.1. The second-order valence-corrected chi connectivity index (χ2v) is 13.8. The van der Waals surface area contributed by atoms with E-state index in [0.717, 1.165) is 38.7 Å². The molecule has 6 heteroatoms. The number of phosphoric ester groups is 1. The predicted molar refractivity (Wildman–Crippen MR) is 166 cm³/mol. The van der Waals surface area contributed by atoms with Crippen molar-refractivity contribution in [3.63, 3.8) is 0 Å². The standard InChI is InChI=1S/C33H67O5P/c1-6-10-14-18-22-26-31(25-21-17-13-9-4)38-39(34,35-5)37-29-33-32(27-28-36-33)30(23-19-15-11-7-2)24-20-16-12-8-3/h30-33H,6-29H2,1-5H3/t31?,32?,33-,39?/m0/s1. The first-order chi connectivity index (χ1) is 19.0. The summed E-state index contributed by atoms with van der Waals surface area (Å²) in [6.07, 6.45) is 26.6. The van der Waals surface area contributed by atoms with Gasteiger partial charge in [-0.3, -0.25) is 13.6 Å². The van der Waals surface area contributed by atoms with Crippen LogP contribution in [0.1, 0.15) is 169 Å². The van der Waals surface area contributed by atoms with E-state index in [0.29, 0.717) is 18.4 Å². The molecule has 0 amide bonds. The second kappa shape index (κ2) is 24.6. The minimum atomic E-state index is -3.62. The first-order valence-corrected chi connectivity index (χ1v) is 18.6. The zero-order valence-corrected chi connectivity index (χ0v) is 27.7. The number of hydrogen-bond acceptors (Lipinski definition) is 5. The molecule has 0 aliphatic carbocycles. The van der Waals surface area contributed by atoms with Gasteiger partial charge in [-0.15, -0.1) is 0 Å². The lowest BCUT2D eigenvalue weighted by molar-refractivity contribution is 0.00775. The first kappa shape index (κ1) is 37.1. The van der Waals surface area contributed by atoms with Gasteiger partial charge in [0.2, 0.25) is 0 Å². The summed E-state index contributed by atoms with van der Waals surface area (Å²) in [5, 5.41) is 0. The molecule has 1 heterocycles. The number of hydrogen-bond donors (Lipinski definition) is 0. The molecule has 0 spiro atoms. The van der Waals surface area contributed by atoms with Crippen LogP contribution < -0.4 is 0 Å². The molecule has 1 fully saturated rings. The summed E-state index contributed by atoms with van der Waals surface area (Å²) >= 11 is 0. The molecular weight excluding hydrogens is 507 g/mol. The highest BCUT2D eigenvalue weighted by Crippen LogP contribution is 2.51. The molecule has 0 saturated carbocycles. The fraction of sp³-hybridized carbons (Fsp3) is 1.00. The second-order valence-electron chi connectivity index (χ2n) is 12.0. The Bertz CT molecular complexity index is 574. The lowest BCUT2D eigenvalue weighted by Crippen LogP contribution is -2.29. The van der Waals surface area contributed by atoms with E-state index in [2.05, 4.69) is 27.7 Å². The third kappa shape index (κ3) is 17.6. The maximum absolute atomic E-state index is 13.6. The summed E-state index contributed by atoms with van der Waals surface area (Å²) in [5.41, 5.74) is 0. The van der Waals surface area contributed by atoms with Gasteiger partial charge in [0, 0.05) is 13.7 Å². The van der Waals surface area contributed by atoms with Gasteiger partial charge in [-0.1, -0.05) is 150 Å². The molecule has 1 aliphatic heterocycles. The molecule has 1 aliphatic rings. The van der Waals surface area contributed by atoms with E-state index < -0.39 is 7.82 Å². The van der Waals surface area contributed by atoms with Gasteiger partial charge in [0.15, 0.2) is 0 Å². The summed E-state index contributed by atoms with van der Waals surface area (Å²) in [6.45, 7) is 10.1. The van der Waals surface area contributed by atoms with E-state index in [4.69, 9.17) is 18.3 Å². The van der Waals surface area contributed by atoms with Crippen LogP contribution in [0.5, 0.6) is 0 Å². The van der Waals surface area contributed by atoms with Crippen LogP contribution in [0.25, 0.3) is 0 Å². The van der Waals surface area contributed by atoms with Crippen LogP contribution in [-0.4, -0.2) is 32.5 Å². The summed E-state index contributed by atoms with van der Waals surface area (Å²) in [5.74, 6) is 1.13. The molecule has 39 heavy (non-hydrogen) atoms. The van der Waals surface area contributed by atoms with Crippen LogP contribution in [0.15, 0.2) is 0 Å². The van der Waals surface area contributed by atoms with Crippen molar-refractivity contribution < 1.29 is 22.9 Å². The highest BCUT2D eigenvalue weighted by Gasteiger charge is 2.37. The van der Waals surface area contributed by atoms with Crippen molar-refractivity contribution in [1.82, 2.24) is 0 Å². The lowest BCUT2D eigenvalue weighted by atomic mass is 9.80. The van der Waals surface area contributed by atoms with Gasteiger partial charge in [-0.25, -0.2) is 4.57 Å². The van der Waals surface area contributed by atoms with E-state index in [9.17, 15) is 4.57 Å². The molecule has 0 aromatic rings. The van der Waals surface area contributed by atoms with Gasteiger partial charge in [-0.2, -0.15) is 0 Å². The van der Waals surface area contributed by atoms with Crippen LogP contribution in [-0.2, 0) is 22.9 Å². The van der Waals surface area contributed by atoms with Crippen LogP contribution in [0.2, 0.25) is 0 Å². The summed E-state index contributed by atoms with van der Waals surface area (Å²) in [4.78, 5) is 0. The van der Waals surface area contributed by atoms with Crippen LogP contribution in [0, 0.1) is 11.8 Å². The fourth-order valence-corrected chi connectivity index (χ4v) is 7.27. The minimum absolute atomic E-state index is 0.0172. The molecule has 0 radical (unpaired) electrons. The molecule has 0 N–H and O–H groups in total. The molecule has 0 bridgehead atoms. The molecule has 5 nitrogen and oxygen atoms in total.